The summed E-state index contributed by atoms with van der Waals surface area (Å²) < 4.78 is 0. The third-order valence-corrected chi connectivity index (χ3v) is 1.35. The highest BCUT2D eigenvalue weighted by atomic mass is 16.6. The van der Waals surface area contributed by atoms with Crippen molar-refractivity contribution in [2.45, 2.75) is 27.0 Å². The Labute approximate surface area is 79.9 Å². The fourth-order valence-corrected chi connectivity index (χ4v) is 0.857. The number of aliphatic imine (C=N–C) groups is 1. The second-order valence-electron chi connectivity index (χ2n) is 2.73. The molecule has 0 unspecified atom stereocenters. The van der Waals surface area contributed by atoms with Gasteiger partial charge >= 0.3 is 5.82 Å². The van der Waals surface area contributed by atoms with Gasteiger partial charge in [-0.1, -0.05) is 18.1 Å². The minimum Gasteiger partial charge on any atom is -0.358 e. The Morgan fingerprint density at radius 1 is 1.62 bits per heavy atom. The molecule has 0 rings (SSSR count). The van der Waals surface area contributed by atoms with E-state index in [4.69, 9.17) is 7.85 Å². The molecular formula is C7H11B2N2O2. The van der Waals surface area contributed by atoms with Crippen LogP contribution in [-0.2, 0) is 0 Å². The molecule has 0 aliphatic rings. The van der Waals surface area contributed by atoms with Gasteiger partial charge in [0.25, 0.3) is 0 Å². The summed E-state index contributed by atoms with van der Waals surface area (Å²) in [6, 6.07) is 0. The van der Waals surface area contributed by atoms with Crippen LogP contribution in [0.25, 0.3) is 0 Å². The van der Waals surface area contributed by atoms with Gasteiger partial charge < -0.3 is 10.1 Å². The first-order chi connectivity index (χ1) is 5.99. The zero-order valence-electron chi connectivity index (χ0n) is 8.07. The summed E-state index contributed by atoms with van der Waals surface area (Å²) in [4.78, 5) is 13.7. The van der Waals surface area contributed by atoms with E-state index in [1.54, 1.807) is 6.92 Å². The summed E-state index contributed by atoms with van der Waals surface area (Å²) >= 11 is 0. The molecular weight excluding hydrogens is 166 g/mol. The van der Waals surface area contributed by atoms with E-state index in [0.717, 1.165) is 0 Å². The van der Waals surface area contributed by atoms with Crippen molar-refractivity contribution >= 4 is 20.7 Å². The Bertz CT molecular complexity index is 257. The fourth-order valence-electron chi connectivity index (χ4n) is 0.857. The molecule has 0 aliphatic heterocycles. The van der Waals surface area contributed by atoms with E-state index >= 15 is 0 Å². The SMILES string of the molecule is [B]C(C)=N/C(=C(\C)C[B]C)[N+](=O)[O-]. The van der Waals surface area contributed by atoms with Crippen LogP contribution in [-0.4, -0.2) is 25.7 Å². The van der Waals surface area contributed by atoms with E-state index in [0.29, 0.717) is 11.9 Å². The maximum atomic E-state index is 10.5. The third-order valence-electron chi connectivity index (χ3n) is 1.35. The van der Waals surface area contributed by atoms with Crippen molar-refractivity contribution in [1.82, 2.24) is 0 Å². The molecule has 0 aromatic heterocycles. The van der Waals surface area contributed by atoms with Gasteiger partial charge in [-0.3, -0.25) is 0 Å². The quantitative estimate of drug-likeness (QED) is 0.280. The van der Waals surface area contributed by atoms with Gasteiger partial charge in [0.05, 0.1) is 5.61 Å². The summed E-state index contributed by atoms with van der Waals surface area (Å²) in [6.07, 6.45) is 0.549. The van der Waals surface area contributed by atoms with Crippen molar-refractivity contribution in [1.29, 1.82) is 0 Å². The lowest BCUT2D eigenvalue weighted by molar-refractivity contribution is -0.427. The summed E-state index contributed by atoms with van der Waals surface area (Å²) in [7, 11) is 7.10. The van der Waals surface area contributed by atoms with E-state index in [1.165, 1.54) is 6.92 Å². The molecule has 0 N–H and O–H groups in total. The zero-order valence-corrected chi connectivity index (χ0v) is 8.07. The van der Waals surface area contributed by atoms with E-state index in [9.17, 15) is 10.1 Å². The van der Waals surface area contributed by atoms with Gasteiger partial charge in [-0.15, -0.1) is 0 Å². The number of rotatable bonds is 4. The molecule has 0 fully saturated rings. The first kappa shape index (κ1) is 11.9. The highest BCUT2D eigenvalue weighted by molar-refractivity contribution is 6.59. The lowest BCUT2D eigenvalue weighted by Gasteiger charge is -1.98. The monoisotopic (exact) mass is 177 g/mol. The summed E-state index contributed by atoms with van der Waals surface area (Å²) in [5.74, 6) is -0.155. The van der Waals surface area contributed by atoms with Gasteiger partial charge in [0.1, 0.15) is 7.28 Å². The highest BCUT2D eigenvalue weighted by Crippen LogP contribution is 2.10. The Balaban J connectivity index is 4.89. The summed E-state index contributed by atoms with van der Waals surface area (Å²) in [6.45, 7) is 5.02. The average Bonchev–Trinajstić information content (AvgIpc) is 1.99. The summed E-state index contributed by atoms with van der Waals surface area (Å²) in [5.41, 5.74) is 0.805. The van der Waals surface area contributed by atoms with Gasteiger partial charge in [-0.05, 0) is 18.8 Å². The van der Waals surface area contributed by atoms with Crippen LogP contribution >= 0.6 is 0 Å². The molecule has 0 heterocycles. The fraction of sp³-hybridized carbons (Fsp3) is 0.571. The molecule has 4 nitrogen and oxygen atoms in total. The second kappa shape index (κ2) is 5.56. The van der Waals surface area contributed by atoms with E-state index in [2.05, 4.69) is 4.99 Å². The van der Waals surface area contributed by atoms with Crippen molar-refractivity contribution in [3.8, 4) is 0 Å². The Kier molecular flexibility index (Phi) is 5.11. The Morgan fingerprint density at radius 2 is 2.15 bits per heavy atom. The number of hydrogen-bond acceptors (Lipinski definition) is 3. The number of nitro groups is 1. The number of allylic oxidation sites excluding steroid dienone is 1. The minimum absolute atomic E-state index is 0.155. The Morgan fingerprint density at radius 3 is 2.46 bits per heavy atom. The molecule has 0 aliphatic carbocycles. The van der Waals surface area contributed by atoms with Crippen molar-refractivity contribution in [3.05, 3.63) is 21.5 Å². The molecule has 0 spiro atoms. The molecule has 0 atom stereocenters. The second-order valence-corrected chi connectivity index (χ2v) is 2.73. The normalized spacial score (nSPS) is 13.6. The van der Waals surface area contributed by atoms with Crippen molar-refractivity contribution in [2.24, 2.45) is 4.99 Å². The van der Waals surface area contributed by atoms with Gasteiger partial charge in [0.15, 0.2) is 7.85 Å². The lowest BCUT2D eigenvalue weighted by Crippen LogP contribution is -2.03. The van der Waals surface area contributed by atoms with Gasteiger partial charge in [-0.2, -0.15) is 0 Å². The molecule has 0 aromatic rings. The molecule has 0 saturated heterocycles. The molecule has 0 saturated carbocycles. The predicted octanol–water partition coefficient (Wildman–Crippen LogP) is 1.25. The van der Waals surface area contributed by atoms with Crippen LogP contribution in [0.1, 0.15) is 13.8 Å². The zero-order chi connectivity index (χ0) is 10.4. The number of nitrogens with zero attached hydrogens (tertiary/aromatic N) is 2. The molecule has 0 amide bonds. The van der Waals surface area contributed by atoms with Crippen LogP contribution in [0.15, 0.2) is 16.4 Å². The first-order valence-corrected chi connectivity index (χ1v) is 3.91. The highest BCUT2D eigenvalue weighted by Gasteiger charge is 2.12. The first-order valence-electron chi connectivity index (χ1n) is 3.91. The van der Waals surface area contributed by atoms with Crippen molar-refractivity contribution in [2.75, 3.05) is 0 Å². The van der Waals surface area contributed by atoms with Crippen LogP contribution in [0.3, 0.4) is 0 Å². The molecule has 3 radical (unpaired) electrons. The minimum atomic E-state index is -0.519. The van der Waals surface area contributed by atoms with Crippen LogP contribution in [0.5, 0.6) is 0 Å². The average molecular weight is 177 g/mol. The molecule has 6 heteroatoms. The molecule has 67 valence electrons. The molecule has 13 heavy (non-hydrogen) atoms. The van der Waals surface area contributed by atoms with Gasteiger partial charge in [-0.25, -0.2) is 0 Å². The Hall–Kier alpha value is -1.06. The predicted molar refractivity (Wildman–Crippen MR) is 55.0 cm³/mol. The van der Waals surface area contributed by atoms with E-state index < -0.39 is 4.92 Å². The van der Waals surface area contributed by atoms with E-state index in [1.807, 2.05) is 14.1 Å². The maximum Gasteiger partial charge on any atom is 0.360 e. The summed E-state index contributed by atoms with van der Waals surface area (Å²) in [5, 5.41) is 10.5. The van der Waals surface area contributed by atoms with Crippen LogP contribution in [0, 0.1) is 10.1 Å². The largest absolute Gasteiger partial charge is 0.360 e. The molecule has 0 aromatic carbocycles. The number of hydrogen-bond donors (Lipinski definition) is 0. The topological polar surface area (TPSA) is 55.5 Å². The maximum absolute atomic E-state index is 10.5. The third kappa shape index (κ3) is 4.50. The van der Waals surface area contributed by atoms with Crippen LogP contribution in [0.2, 0.25) is 13.1 Å². The van der Waals surface area contributed by atoms with E-state index in [-0.39, 0.29) is 11.4 Å². The molecule has 0 bridgehead atoms. The van der Waals surface area contributed by atoms with Crippen molar-refractivity contribution in [3.63, 3.8) is 0 Å². The standard InChI is InChI=1S/C7H11B2N2O2/c1-5(4-9-3)7(11(12)13)10-6(2)8/h4H2,1-3H3/b7-5-,10-6?. The van der Waals surface area contributed by atoms with Gasteiger partial charge in [0.2, 0.25) is 0 Å². The lowest BCUT2D eigenvalue weighted by atomic mass is 9.75. The van der Waals surface area contributed by atoms with Crippen LogP contribution < -0.4 is 0 Å². The van der Waals surface area contributed by atoms with Crippen LogP contribution in [0.4, 0.5) is 0 Å². The smallest absolute Gasteiger partial charge is 0.358 e. The van der Waals surface area contributed by atoms with Gasteiger partial charge in [0, 0.05) is 5.57 Å². The van der Waals surface area contributed by atoms with Crippen molar-refractivity contribution < 1.29 is 4.92 Å².